The van der Waals surface area contributed by atoms with Crippen molar-refractivity contribution < 1.29 is 9.47 Å². The molecule has 0 saturated carbocycles. The highest BCUT2D eigenvalue weighted by Gasteiger charge is 2.10. The smallest absolute Gasteiger partial charge is 0.242 e. The SMILES string of the molecule is CCc1nc(NCCCOC)c(N)c(OC)n1. The number of nitrogens with one attached hydrogen (secondary N) is 1. The van der Waals surface area contributed by atoms with Gasteiger partial charge in [-0.3, -0.25) is 0 Å². The molecule has 0 spiro atoms. The van der Waals surface area contributed by atoms with Crippen molar-refractivity contribution in [3.63, 3.8) is 0 Å². The van der Waals surface area contributed by atoms with Crippen LogP contribution >= 0.6 is 0 Å². The van der Waals surface area contributed by atoms with Crippen molar-refractivity contribution in [1.29, 1.82) is 0 Å². The van der Waals surface area contributed by atoms with E-state index >= 15 is 0 Å². The molecule has 0 unspecified atom stereocenters. The van der Waals surface area contributed by atoms with Crippen LogP contribution in [0, 0.1) is 0 Å². The Labute approximate surface area is 102 Å². The molecular weight excluding hydrogens is 220 g/mol. The third-order valence-corrected chi connectivity index (χ3v) is 2.28. The number of hydrogen-bond acceptors (Lipinski definition) is 6. The van der Waals surface area contributed by atoms with Crippen molar-refractivity contribution in [3.05, 3.63) is 5.82 Å². The summed E-state index contributed by atoms with van der Waals surface area (Å²) in [5.41, 5.74) is 6.33. The second-order valence-electron chi connectivity index (χ2n) is 3.54. The summed E-state index contributed by atoms with van der Waals surface area (Å²) in [6, 6.07) is 0. The van der Waals surface area contributed by atoms with Crippen molar-refractivity contribution in [2.24, 2.45) is 0 Å². The van der Waals surface area contributed by atoms with Crippen LogP contribution in [0.5, 0.6) is 5.88 Å². The lowest BCUT2D eigenvalue weighted by atomic mass is 10.3. The molecule has 1 heterocycles. The van der Waals surface area contributed by atoms with Gasteiger partial charge in [-0.05, 0) is 6.42 Å². The molecular formula is C11H20N4O2. The largest absolute Gasteiger partial charge is 0.479 e. The molecule has 0 aliphatic rings. The van der Waals surface area contributed by atoms with E-state index in [-0.39, 0.29) is 0 Å². The molecule has 1 aromatic heterocycles. The van der Waals surface area contributed by atoms with Crippen LogP contribution in [-0.4, -0.2) is 37.3 Å². The molecule has 0 aromatic carbocycles. The van der Waals surface area contributed by atoms with E-state index in [0.29, 0.717) is 29.8 Å². The number of ether oxygens (including phenoxy) is 2. The second kappa shape index (κ2) is 6.90. The Morgan fingerprint density at radius 3 is 2.65 bits per heavy atom. The molecule has 0 radical (unpaired) electrons. The first-order chi connectivity index (χ1) is 8.22. The summed E-state index contributed by atoms with van der Waals surface area (Å²) >= 11 is 0. The minimum atomic E-state index is 0.422. The Hall–Kier alpha value is -1.56. The first-order valence-corrected chi connectivity index (χ1v) is 5.66. The first kappa shape index (κ1) is 13.5. The molecule has 17 heavy (non-hydrogen) atoms. The molecule has 0 aliphatic carbocycles. The number of rotatable bonds is 7. The van der Waals surface area contributed by atoms with Crippen LogP contribution < -0.4 is 15.8 Å². The van der Waals surface area contributed by atoms with Crippen LogP contribution in [0.3, 0.4) is 0 Å². The fourth-order valence-electron chi connectivity index (χ4n) is 1.36. The molecule has 0 bridgehead atoms. The van der Waals surface area contributed by atoms with E-state index in [1.165, 1.54) is 0 Å². The topological polar surface area (TPSA) is 82.3 Å². The van der Waals surface area contributed by atoms with Gasteiger partial charge in [0.05, 0.1) is 7.11 Å². The fraction of sp³-hybridized carbons (Fsp3) is 0.636. The van der Waals surface area contributed by atoms with Gasteiger partial charge in [-0.15, -0.1) is 0 Å². The van der Waals surface area contributed by atoms with Crippen LogP contribution in [-0.2, 0) is 11.2 Å². The summed E-state index contributed by atoms with van der Waals surface area (Å²) in [6.45, 7) is 3.44. The molecule has 0 atom stereocenters. The molecule has 0 saturated heterocycles. The molecule has 0 fully saturated rings. The molecule has 0 aliphatic heterocycles. The first-order valence-electron chi connectivity index (χ1n) is 5.66. The summed E-state index contributed by atoms with van der Waals surface area (Å²) in [6.07, 6.45) is 1.63. The molecule has 1 aromatic rings. The Morgan fingerprint density at radius 2 is 2.06 bits per heavy atom. The number of aryl methyl sites for hydroxylation is 1. The van der Waals surface area contributed by atoms with Gasteiger partial charge in [-0.2, -0.15) is 4.98 Å². The zero-order chi connectivity index (χ0) is 12.7. The summed E-state index contributed by atoms with van der Waals surface area (Å²) in [5, 5.41) is 3.16. The summed E-state index contributed by atoms with van der Waals surface area (Å²) in [7, 11) is 3.23. The Kier molecular flexibility index (Phi) is 5.48. The number of methoxy groups -OCH3 is 2. The van der Waals surface area contributed by atoms with Crippen LogP contribution in [0.25, 0.3) is 0 Å². The van der Waals surface area contributed by atoms with Gasteiger partial charge < -0.3 is 20.5 Å². The van der Waals surface area contributed by atoms with E-state index in [1.54, 1.807) is 14.2 Å². The Morgan fingerprint density at radius 1 is 1.29 bits per heavy atom. The third kappa shape index (κ3) is 3.74. The highest BCUT2D eigenvalue weighted by atomic mass is 16.5. The van der Waals surface area contributed by atoms with Crippen molar-refractivity contribution in [3.8, 4) is 5.88 Å². The summed E-state index contributed by atoms with van der Waals surface area (Å²) in [5.74, 6) is 1.76. The molecule has 1 rings (SSSR count). The molecule has 6 nitrogen and oxygen atoms in total. The number of nitrogens with zero attached hydrogens (tertiary/aromatic N) is 2. The van der Waals surface area contributed by atoms with Crippen LogP contribution in [0.1, 0.15) is 19.2 Å². The quantitative estimate of drug-likeness (QED) is 0.694. The predicted molar refractivity (Wildman–Crippen MR) is 67.4 cm³/mol. The zero-order valence-corrected chi connectivity index (χ0v) is 10.6. The van der Waals surface area contributed by atoms with Gasteiger partial charge in [0.1, 0.15) is 11.5 Å². The highest BCUT2D eigenvalue weighted by molar-refractivity contribution is 5.66. The monoisotopic (exact) mass is 240 g/mol. The van der Waals surface area contributed by atoms with Crippen molar-refractivity contribution >= 4 is 11.5 Å². The van der Waals surface area contributed by atoms with Gasteiger partial charge in [0.25, 0.3) is 0 Å². The Balaban J connectivity index is 2.75. The van der Waals surface area contributed by atoms with E-state index in [0.717, 1.165) is 19.4 Å². The van der Waals surface area contributed by atoms with Gasteiger partial charge in [-0.25, -0.2) is 4.98 Å². The maximum Gasteiger partial charge on any atom is 0.242 e. The van der Waals surface area contributed by atoms with Crippen LogP contribution in [0.2, 0.25) is 0 Å². The molecule has 0 amide bonds. The minimum Gasteiger partial charge on any atom is -0.479 e. The van der Waals surface area contributed by atoms with Crippen LogP contribution in [0.4, 0.5) is 11.5 Å². The van der Waals surface area contributed by atoms with Gasteiger partial charge in [0.15, 0.2) is 5.82 Å². The van der Waals surface area contributed by atoms with Crippen LogP contribution in [0.15, 0.2) is 0 Å². The average Bonchev–Trinajstić information content (AvgIpc) is 2.36. The van der Waals surface area contributed by atoms with Crippen molar-refractivity contribution in [1.82, 2.24) is 9.97 Å². The van der Waals surface area contributed by atoms with E-state index < -0.39 is 0 Å². The lowest BCUT2D eigenvalue weighted by Crippen LogP contribution is -2.11. The zero-order valence-electron chi connectivity index (χ0n) is 10.6. The van der Waals surface area contributed by atoms with Gasteiger partial charge in [-0.1, -0.05) is 6.92 Å². The highest BCUT2D eigenvalue weighted by Crippen LogP contribution is 2.25. The van der Waals surface area contributed by atoms with Gasteiger partial charge in [0, 0.05) is 26.7 Å². The number of anilines is 2. The van der Waals surface area contributed by atoms with E-state index in [1.807, 2.05) is 6.92 Å². The van der Waals surface area contributed by atoms with Gasteiger partial charge >= 0.3 is 0 Å². The predicted octanol–water partition coefficient (Wildman–Crippen LogP) is 1.08. The molecule has 3 N–H and O–H groups in total. The van der Waals surface area contributed by atoms with E-state index in [4.69, 9.17) is 15.2 Å². The lowest BCUT2D eigenvalue weighted by molar-refractivity contribution is 0.198. The van der Waals surface area contributed by atoms with E-state index in [2.05, 4.69) is 15.3 Å². The minimum absolute atomic E-state index is 0.422. The summed E-state index contributed by atoms with van der Waals surface area (Å²) < 4.78 is 10.1. The number of aromatic nitrogens is 2. The standard InChI is InChI=1S/C11H20N4O2/c1-4-8-14-10(13-6-5-7-16-2)9(12)11(15-8)17-3/h4-7,12H2,1-3H3,(H,13,14,15). The number of hydrogen-bond donors (Lipinski definition) is 2. The average molecular weight is 240 g/mol. The number of nitrogen functional groups attached to an aromatic ring is 1. The summed E-state index contributed by atoms with van der Waals surface area (Å²) in [4.78, 5) is 8.52. The third-order valence-electron chi connectivity index (χ3n) is 2.28. The second-order valence-corrected chi connectivity index (χ2v) is 3.54. The van der Waals surface area contributed by atoms with Crippen molar-refractivity contribution in [2.45, 2.75) is 19.8 Å². The lowest BCUT2D eigenvalue weighted by Gasteiger charge is -2.12. The van der Waals surface area contributed by atoms with Crippen molar-refractivity contribution in [2.75, 3.05) is 38.4 Å². The molecule has 96 valence electrons. The van der Waals surface area contributed by atoms with E-state index in [9.17, 15) is 0 Å². The maximum atomic E-state index is 5.89. The molecule has 6 heteroatoms. The van der Waals surface area contributed by atoms with Gasteiger partial charge in [0.2, 0.25) is 5.88 Å². The normalized spacial score (nSPS) is 10.3. The maximum absolute atomic E-state index is 5.89. The number of nitrogens with two attached hydrogens (primary N) is 1. The fourth-order valence-corrected chi connectivity index (χ4v) is 1.36. The Bertz CT molecular complexity index is 358.